The quantitative estimate of drug-likeness (QED) is 0.504. The van der Waals surface area contributed by atoms with Crippen LogP contribution in [0.5, 0.6) is 5.75 Å². The van der Waals surface area contributed by atoms with Crippen molar-refractivity contribution in [2.45, 2.75) is 44.7 Å². The van der Waals surface area contributed by atoms with Crippen molar-refractivity contribution < 1.29 is 14.3 Å². The molecule has 0 atom stereocenters. The SMILES string of the molecule is COc1cc(NC(=O)C2CCC(n3c(=O)n(C4CNC4)c4c(C(N)=O)cccc43)CC2)ccc1C. The monoisotopic (exact) mass is 477 g/mol. The average Bonchev–Trinajstić information content (AvgIpc) is 3.11. The van der Waals surface area contributed by atoms with Crippen molar-refractivity contribution in [1.82, 2.24) is 14.5 Å². The lowest BCUT2D eigenvalue weighted by Crippen LogP contribution is -2.47. The Bertz CT molecular complexity index is 1350. The molecule has 2 aromatic carbocycles. The molecule has 0 radical (unpaired) electrons. The summed E-state index contributed by atoms with van der Waals surface area (Å²) in [4.78, 5) is 38.7. The van der Waals surface area contributed by atoms with Crippen molar-refractivity contribution in [1.29, 1.82) is 0 Å². The first-order valence-corrected chi connectivity index (χ1v) is 12.1. The Hall–Kier alpha value is -3.59. The first kappa shape index (κ1) is 23.2. The zero-order valence-corrected chi connectivity index (χ0v) is 20.0. The molecule has 2 fully saturated rings. The van der Waals surface area contributed by atoms with Crippen LogP contribution in [0.2, 0.25) is 0 Å². The van der Waals surface area contributed by atoms with Crippen LogP contribution in [0.15, 0.2) is 41.2 Å². The molecular formula is C26H31N5O4. The topological polar surface area (TPSA) is 120 Å². The van der Waals surface area contributed by atoms with Gasteiger partial charge >= 0.3 is 5.69 Å². The van der Waals surface area contributed by atoms with Gasteiger partial charge in [-0.15, -0.1) is 0 Å². The number of hydrogen-bond donors (Lipinski definition) is 3. The molecule has 1 aromatic heterocycles. The Balaban J connectivity index is 1.37. The first-order valence-electron chi connectivity index (χ1n) is 12.1. The van der Waals surface area contributed by atoms with E-state index in [9.17, 15) is 14.4 Å². The van der Waals surface area contributed by atoms with Gasteiger partial charge in [0, 0.05) is 36.8 Å². The van der Waals surface area contributed by atoms with Gasteiger partial charge in [0.05, 0.1) is 29.7 Å². The van der Waals surface area contributed by atoms with Gasteiger partial charge in [-0.25, -0.2) is 4.79 Å². The maximum Gasteiger partial charge on any atom is 0.329 e. The van der Waals surface area contributed by atoms with Gasteiger partial charge in [0.25, 0.3) is 5.91 Å². The second-order valence-electron chi connectivity index (χ2n) is 9.55. The lowest BCUT2D eigenvalue weighted by atomic mass is 9.85. The van der Waals surface area contributed by atoms with Crippen molar-refractivity contribution in [2.24, 2.45) is 11.7 Å². The van der Waals surface area contributed by atoms with Gasteiger partial charge in [-0.1, -0.05) is 12.1 Å². The van der Waals surface area contributed by atoms with E-state index in [4.69, 9.17) is 10.5 Å². The van der Waals surface area contributed by atoms with Crippen LogP contribution in [0.25, 0.3) is 11.0 Å². The number of imidazole rings is 1. The van der Waals surface area contributed by atoms with Crippen molar-refractivity contribution >= 4 is 28.5 Å². The number of benzene rings is 2. The highest BCUT2D eigenvalue weighted by Gasteiger charge is 2.33. The van der Waals surface area contributed by atoms with Gasteiger partial charge in [0.15, 0.2) is 0 Å². The van der Waals surface area contributed by atoms with Gasteiger partial charge in [-0.05, 0) is 56.4 Å². The number of hydrogen-bond acceptors (Lipinski definition) is 5. The molecule has 1 saturated carbocycles. The molecule has 2 heterocycles. The third kappa shape index (κ3) is 4.10. The Kier molecular flexibility index (Phi) is 6.10. The molecule has 1 aliphatic heterocycles. The standard InChI is InChI=1S/C26H31N5O4/c1-15-6-9-17(12-22(15)35-2)29-25(33)16-7-10-18(11-8-16)30-21-5-3-4-20(24(27)32)23(21)31(26(30)34)19-13-28-14-19/h3-6,9,12,16,18-19,28H,7-8,10-11,13-14H2,1-2H3,(H2,27,32)(H,29,33). The third-order valence-electron chi connectivity index (χ3n) is 7.43. The second-order valence-corrected chi connectivity index (χ2v) is 9.55. The van der Waals surface area contributed by atoms with Crippen LogP contribution in [-0.2, 0) is 4.79 Å². The number of aromatic nitrogens is 2. The molecule has 4 N–H and O–H groups in total. The zero-order chi connectivity index (χ0) is 24.7. The molecule has 0 spiro atoms. The molecule has 0 unspecified atom stereocenters. The number of nitrogens with zero attached hydrogens (tertiary/aromatic N) is 2. The zero-order valence-electron chi connectivity index (χ0n) is 20.0. The Morgan fingerprint density at radius 1 is 1.06 bits per heavy atom. The number of anilines is 1. The van der Waals surface area contributed by atoms with E-state index in [0.717, 1.165) is 16.8 Å². The molecule has 1 saturated heterocycles. The van der Waals surface area contributed by atoms with Gasteiger partial charge in [-0.3, -0.25) is 18.7 Å². The average molecular weight is 478 g/mol. The van der Waals surface area contributed by atoms with Crippen LogP contribution in [0.1, 0.15) is 53.7 Å². The molecule has 9 heteroatoms. The van der Waals surface area contributed by atoms with Gasteiger partial charge in [0.2, 0.25) is 5.91 Å². The van der Waals surface area contributed by atoms with Crippen LogP contribution >= 0.6 is 0 Å². The van der Waals surface area contributed by atoms with Gasteiger partial charge in [0.1, 0.15) is 5.75 Å². The van der Waals surface area contributed by atoms with E-state index in [1.165, 1.54) is 0 Å². The largest absolute Gasteiger partial charge is 0.496 e. The van der Waals surface area contributed by atoms with Crippen LogP contribution in [-0.4, -0.2) is 41.1 Å². The molecule has 35 heavy (non-hydrogen) atoms. The smallest absolute Gasteiger partial charge is 0.329 e. The normalized spacial score (nSPS) is 20.4. The summed E-state index contributed by atoms with van der Waals surface area (Å²) in [5.74, 6) is 0.0569. The fraction of sp³-hybridized carbons (Fsp3) is 0.423. The molecule has 5 rings (SSSR count). The number of rotatable bonds is 6. The lowest BCUT2D eigenvalue weighted by Gasteiger charge is -2.29. The predicted octanol–water partition coefficient (Wildman–Crippen LogP) is 2.73. The number of methoxy groups -OCH3 is 1. The molecule has 1 aliphatic carbocycles. The van der Waals surface area contributed by atoms with E-state index in [0.29, 0.717) is 55.5 Å². The van der Waals surface area contributed by atoms with Gasteiger partial charge in [-0.2, -0.15) is 0 Å². The number of ether oxygens (including phenoxy) is 1. The first-order chi connectivity index (χ1) is 16.9. The fourth-order valence-electron chi connectivity index (χ4n) is 5.38. The summed E-state index contributed by atoms with van der Waals surface area (Å²) in [6.07, 6.45) is 2.77. The summed E-state index contributed by atoms with van der Waals surface area (Å²) in [5.41, 5.74) is 8.98. The van der Waals surface area contributed by atoms with E-state index >= 15 is 0 Å². The molecule has 2 amide bonds. The number of carbonyl (C=O) groups is 2. The molecule has 184 valence electrons. The summed E-state index contributed by atoms with van der Waals surface area (Å²) < 4.78 is 8.91. The van der Waals surface area contributed by atoms with Crippen LogP contribution < -0.4 is 26.8 Å². The minimum Gasteiger partial charge on any atom is -0.496 e. The number of para-hydroxylation sites is 1. The fourth-order valence-corrected chi connectivity index (χ4v) is 5.38. The summed E-state index contributed by atoms with van der Waals surface area (Å²) in [6, 6.07) is 10.9. The number of fused-ring (bicyclic) bond motifs is 1. The Labute approximate surface area is 203 Å². The van der Waals surface area contributed by atoms with Crippen molar-refractivity contribution in [3.63, 3.8) is 0 Å². The van der Waals surface area contributed by atoms with E-state index in [1.807, 2.05) is 35.8 Å². The molecule has 9 nitrogen and oxygen atoms in total. The number of primary amides is 1. The van der Waals surface area contributed by atoms with E-state index in [1.54, 1.807) is 23.8 Å². The predicted molar refractivity (Wildman–Crippen MR) is 134 cm³/mol. The Morgan fingerprint density at radius 3 is 2.43 bits per heavy atom. The summed E-state index contributed by atoms with van der Waals surface area (Å²) in [6.45, 7) is 3.32. The summed E-state index contributed by atoms with van der Waals surface area (Å²) >= 11 is 0. The number of aryl methyl sites for hydroxylation is 1. The molecule has 3 aromatic rings. The van der Waals surface area contributed by atoms with E-state index in [2.05, 4.69) is 10.6 Å². The number of nitrogens with one attached hydrogen (secondary N) is 2. The second kappa shape index (κ2) is 9.22. The Morgan fingerprint density at radius 2 is 1.80 bits per heavy atom. The van der Waals surface area contributed by atoms with Crippen LogP contribution in [0.3, 0.4) is 0 Å². The number of nitrogens with two attached hydrogens (primary N) is 1. The van der Waals surface area contributed by atoms with Crippen molar-refractivity contribution in [2.75, 3.05) is 25.5 Å². The molecule has 2 aliphatic rings. The van der Waals surface area contributed by atoms with Crippen LogP contribution in [0, 0.1) is 12.8 Å². The van der Waals surface area contributed by atoms with Gasteiger partial charge < -0.3 is 21.1 Å². The maximum absolute atomic E-state index is 13.6. The summed E-state index contributed by atoms with van der Waals surface area (Å²) in [5, 5.41) is 6.21. The third-order valence-corrected chi connectivity index (χ3v) is 7.43. The van der Waals surface area contributed by atoms with E-state index < -0.39 is 5.91 Å². The maximum atomic E-state index is 13.6. The van der Waals surface area contributed by atoms with Crippen molar-refractivity contribution in [3.8, 4) is 5.75 Å². The highest BCUT2D eigenvalue weighted by atomic mass is 16.5. The number of carbonyl (C=O) groups excluding carboxylic acids is 2. The lowest BCUT2D eigenvalue weighted by molar-refractivity contribution is -0.121. The highest BCUT2D eigenvalue weighted by Crippen LogP contribution is 2.35. The molecule has 0 bridgehead atoms. The van der Waals surface area contributed by atoms with E-state index in [-0.39, 0.29) is 29.6 Å². The van der Waals surface area contributed by atoms with Crippen LogP contribution in [0.4, 0.5) is 5.69 Å². The minimum atomic E-state index is -0.540. The minimum absolute atomic E-state index is 0.000340. The van der Waals surface area contributed by atoms with Crippen molar-refractivity contribution in [3.05, 3.63) is 58.0 Å². The number of amides is 2. The summed E-state index contributed by atoms with van der Waals surface area (Å²) in [7, 11) is 1.61. The molecular weight excluding hydrogens is 446 g/mol. The highest BCUT2D eigenvalue weighted by molar-refractivity contribution is 6.04.